The van der Waals surface area contributed by atoms with Crippen LogP contribution in [0.15, 0.2) is 24.3 Å². The summed E-state index contributed by atoms with van der Waals surface area (Å²) >= 11 is 0. The summed E-state index contributed by atoms with van der Waals surface area (Å²) in [6.07, 6.45) is 0. The van der Waals surface area contributed by atoms with E-state index in [9.17, 15) is 8.78 Å². The number of hydrogen-bond acceptors (Lipinski definition) is 2. The van der Waals surface area contributed by atoms with Gasteiger partial charge in [-0.2, -0.15) is 5.10 Å². The Bertz CT molecular complexity index is 518. The average Bonchev–Trinajstić information content (AvgIpc) is 2.15. The molecule has 0 aliphatic rings. The van der Waals surface area contributed by atoms with E-state index in [2.05, 4.69) is 10.2 Å². The Kier molecular flexibility index (Phi) is 2.64. The Hall–Kier alpha value is -1.84. The first-order valence-corrected chi connectivity index (χ1v) is 4.83. The maximum Gasteiger partial charge on any atom is 0.126 e. The van der Waals surface area contributed by atoms with E-state index in [-0.39, 0.29) is 0 Å². The molecule has 1 aromatic heterocycles. The van der Waals surface area contributed by atoms with E-state index >= 15 is 0 Å². The molecule has 0 saturated heterocycles. The first kappa shape index (κ1) is 10.7. The third-order valence-corrected chi connectivity index (χ3v) is 2.24. The molecule has 2 nitrogen and oxygen atoms in total. The standard InChI is InChI=1S/C12H10F2N2/c1-7-3-8(2)15-16-12(7)9-4-10(13)6-11(14)5-9/h3-6H,1-2H3. The van der Waals surface area contributed by atoms with Gasteiger partial charge in [0, 0.05) is 11.6 Å². The van der Waals surface area contributed by atoms with Gasteiger partial charge in [-0.05, 0) is 37.6 Å². The summed E-state index contributed by atoms with van der Waals surface area (Å²) < 4.78 is 26.1. The number of aromatic nitrogens is 2. The van der Waals surface area contributed by atoms with Crippen molar-refractivity contribution in [2.45, 2.75) is 13.8 Å². The molecule has 2 rings (SSSR count). The third kappa shape index (κ3) is 2.05. The predicted molar refractivity (Wildman–Crippen MR) is 56.9 cm³/mol. The van der Waals surface area contributed by atoms with Crippen LogP contribution in [0, 0.1) is 25.5 Å². The summed E-state index contributed by atoms with van der Waals surface area (Å²) in [5.74, 6) is -1.23. The molecule has 0 atom stereocenters. The van der Waals surface area contributed by atoms with E-state index in [1.54, 1.807) is 0 Å². The highest BCUT2D eigenvalue weighted by molar-refractivity contribution is 5.62. The number of rotatable bonds is 1. The van der Waals surface area contributed by atoms with Crippen LogP contribution in [0.5, 0.6) is 0 Å². The third-order valence-electron chi connectivity index (χ3n) is 2.24. The summed E-state index contributed by atoms with van der Waals surface area (Å²) in [5, 5.41) is 7.83. The van der Waals surface area contributed by atoms with Crippen molar-refractivity contribution in [1.29, 1.82) is 0 Å². The lowest BCUT2D eigenvalue weighted by atomic mass is 10.1. The van der Waals surface area contributed by atoms with Gasteiger partial charge in [0.05, 0.1) is 11.4 Å². The fraction of sp³-hybridized carbons (Fsp3) is 0.167. The highest BCUT2D eigenvalue weighted by atomic mass is 19.1. The second-order valence-corrected chi connectivity index (χ2v) is 3.68. The molecule has 1 aromatic carbocycles. The number of nitrogens with zero attached hydrogens (tertiary/aromatic N) is 2. The molecular weight excluding hydrogens is 210 g/mol. The fourth-order valence-electron chi connectivity index (χ4n) is 1.59. The Morgan fingerprint density at radius 2 is 1.50 bits per heavy atom. The molecule has 0 saturated carbocycles. The van der Waals surface area contributed by atoms with Crippen molar-refractivity contribution in [1.82, 2.24) is 10.2 Å². The lowest BCUT2D eigenvalue weighted by molar-refractivity contribution is 0.584. The molecule has 0 N–H and O–H groups in total. The Balaban J connectivity index is 2.58. The fourth-order valence-corrected chi connectivity index (χ4v) is 1.59. The molecular formula is C12H10F2N2. The molecule has 0 spiro atoms. The Morgan fingerprint density at radius 3 is 2.06 bits per heavy atom. The van der Waals surface area contributed by atoms with Gasteiger partial charge < -0.3 is 0 Å². The minimum absolute atomic E-state index is 0.405. The molecule has 2 aromatic rings. The second-order valence-electron chi connectivity index (χ2n) is 3.68. The SMILES string of the molecule is Cc1cc(C)c(-c2cc(F)cc(F)c2)nn1. The molecule has 0 aliphatic heterocycles. The second kappa shape index (κ2) is 3.96. The summed E-state index contributed by atoms with van der Waals surface area (Å²) in [6, 6.07) is 5.15. The van der Waals surface area contributed by atoms with E-state index in [0.717, 1.165) is 17.3 Å². The van der Waals surface area contributed by atoms with Crippen molar-refractivity contribution >= 4 is 0 Å². The van der Waals surface area contributed by atoms with E-state index in [1.807, 2.05) is 19.9 Å². The molecule has 0 amide bonds. The Morgan fingerprint density at radius 1 is 0.875 bits per heavy atom. The minimum atomic E-state index is -0.614. The molecule has 0 unspecified atom stereocenters. The lowest BCUT2D eigenvalue weighted by Crippen LogP contribution is -1.95. The van der Waals surface area contributed by atoms with Crippen molar-refractivity contribution < 1.29 is 8.78 Å². The molecule has 0 radical (unpaired) electrons. The zero-order chi connectivity index (χ0) is 11.7. The van der Waals surface area contributed by atoms with Crippen LogP contribution in [-0.4, -0.2) is 10.2 Å². The minimum Gasteiger partial charge on any atom is -0.207 e. The monoisotopic (exact) mass is 220 g/mol. The van der Waals surface area contributed by atoms with Gasteiger partial charge in [0.25, 0.3) is 0 Å². The number of aryl methyl sites for hydroxylation is 2. The first-order chi connectivity index (χ1) is 7.56. The van der Waals surface area contributed by atoms with Crippen LogP contribution in [0.25, 0.3) is 11.3 Å². The van der Waals surface area contributed by atoms with Crippen LogP contribution in [0.4, 0.5) is 8.78 Å². The zero-order valence-corrected chi connectivity index (χ0v) is 8.96. The predicted octanol–water partition coefficient (Wildman–Crippen LogP) is 3.04. The van der Waals surface area contributed by atoms with Crippen LogP contribution in [0.2, 0.25) is 0 Å². The van der Waals surface area contributed by atoms with Crippen molar-refractivity contribution in [2.75, 3.05) is 0 Å². The van der Waals surface area contributed by atoms with Gasteiger partial charge in [0.1, 0.15) is 11.6 Å². The van der Waals surface area contributed by atoms with Gasteiger partial charge in [-0.3, -0.25) is 0 Å². The molecule has 0 bridgehead atoms. The maximum absolute atomic E-state index is 13.0. The molecule has 0 aliphatic carbocycles. The van der Waals surface area contributed by atoms with Crippen LogP contribution < -0.4 is 0 Å². The molecule has 82 valence electrons. The molecule has 1 heterocycles. The number of benzene rings is 1. The topological polar surface area (TPSA) is 25.8 Å². The van der Waals surface area contributed by atoms with Gasteiger partial charge in [0.15, 0.2) is 0 Å². The number of halogens is 2. The average molecular weight is 220 g/mol. The summed E-state index contributed by atoms with van der Waals surface area (Å²) in [7, 11) is 0. The molecule has 16 heavy (non-hydrogen) atoms. The highest BCUT2D eigenvalue weighted by Gasteiger charge is 2.08. The number of hydrogen-bond donors (Lipinski definition) is 0. The summed E-state index contributed by atoms with van der Waals surface area (Å²) in [6.45, 7) is 3.65. The van der Waals surface area contributed by atoms with Crippen LogP contribution in [0.3, 0.4) is 0 Å². The van der Waals surface area contributed by atoms with E-state index in [0.29, 0.717) is 11.3 Å². The van der Waals surface area contributed by atoms with E-state index < -0.39 is 11.6 Å². The smallest absolute Gasteiger partial charge is 0.126 e. The zero-order valence-electron chi connectivity index (χ0n) is 8.96. The molecule has 4 heteroatoms. The molecule has 0 fully saturated rings. The Labute approximate surface area is 92.0 Å². The highest BCUT2D eigenvalue weighted by Crippen LogP contribution is 2.22. The summed E-state index contributed by atoms with van der Waals surface area (Å²) in [5.41, 5.74) is 2.53. The van der Waals surface area contributed by atoms with Gasteiger partial charge in [0.2, 0.25) is 0 Å². The quantitative estimate of drug-likeness (QED) is 0.738. The van der Waals surface area contributed by atoms with Crippen molar-refractivity contribution in [3.63, 3.8) is 0 Å². The van der Waals surface area contributed by atoms with Crippen LogP contribution >= 0.6 is 0 Å². The van der Waals surface area contributed by atoms with Crippen LogP contribution in [0.1, 0.15) is 11.3 Å². The normalized spacial score (nSPS) is 10.5. The summed E-state index contributed by atoms with van der Waals surface area (Å²) in [4.78, 5) is 0. The lowest BCUT2D eigenvalue weighted by Gasteiger charge is -2.05. The largest absolute Gasteiger partial charge is 0.207 e. The maximum atomic E-state index is 13.0. The van der Waals surface area contributed by atoms with E-state index in [4.69, 9.17) is 0 Å². The van der Waals surface area contributed by atoms with Crippen molar-refractivity contribution in [3.8, 4) is 11.3 Å². The van der Waals surface area contributed by atoms with Crippen LogP contribution in [-0.2, 0) is 0 Å². The van der Waals surface area contributed by atoms with E-state index in [1.165, 1.54) is 12.1 Å². The van der Waals surface area contributed by atoms with Gasteiger partial charge in [-0.1, -0.05) is 0 Å². The van der Waals surface area contributed by atoms with Gasteiger partial charge in [-0.15, -0.1) is 5.10 Å². The first-order valence-electron chi connectivity index (χ1n) is 4.83. The van der Waals surface area contributed by atoms with Crippen molar-refractivity contribution in [2.24, 2.45) is 0 Å². The van der Waals surface area contributed by atoms with Gasteiger partial charge in [-0.25, -0.2) is 8.78 Å². The van der Waals surface area contributed by atoms with Gasteiger partial charge >= 0.3 is 0 Å². The van der Waals surface area contributed by atoms with Crippen molar-refractivity contribution in [3.05, 3.63) is 47.2 Å².